The van der Waals surface area contributed by atoms with Crippen LogP contribution in [0.1, 0.15) is 26.7 Å². The Bertz CT molecular complexity index is 952. The molecule has 0 aliphatic carbocycles. The summed E-state index contributed by atoms with van der Waals surface area (Å²) in [6.45, 7) is 4.15. The van der Waals surface area contributed by atoms with Gasteiger partial charge in [-0.05, 0) is 44.9 Å². The molecule has 0 unspecified atom stereocenters. The van der Waals surface area contributed by atoms with Crippen LogP contribution in [0.5, 0.6) is 0 Å². The molecule has 0 fully saturated rings. The van der Waals surface area contributed by atoms with E-state index in [0.717, 1.165) is 6.42 Å². The van der Waals surface area contributed by atoms with Gasteiger partial charge in [-0.2, -0.15) is 0 Å². The summed E-state index contributed by atoms with van der Waals surface area (Å²) < 4.78 is 13.4. The summed E-state index contributed by atoms with van der Waals surface area (Å²) in [4.78, 5) is 17.2. The first-order valence-electron chi connectivity index (χ1n) is 8.47. The number of benzene rings is 1. The Hall–Kier alpha value is -2.58. The van der Waals surface area contributed by atoms with Crippen molar-refractivity contribution in [3.05, 3.63) is 41.6 Å². The number of nitrogens with zero attached hydrogens (tertiary/aromatic N) is 4. The lowest BCUT2D eigenvalue weighted by atomic mass is 9.99. The first kappa shape index (κ1) is 19.2. The van der Waals surface area contributed by atoms with Crippen molar-refractivity contribution < 1.29 is 9.50 Å². The highest BCUT2D eigenvalue weighted by Gasteiger charge is 2.19. The van der Waals surface area contributed by atoms with Crippen LogP contribution in [0.25, 0.3) is 11.0 Å². The molecular weight excluding hydrogens is 371 g/mol. The molecule has 0 spiro atoms. The van der Waals surface area contributed by atoms with Crippen molar-refractivity contribution in [3.63, 3.8) is 0 Å². The van der Waals surface area contributed by atoms with Gasteiger partial charge in [0.05, 0.1) is 11.2 Å². The molecule has 0 bridgehead atoms. The summed E-state index contributed by atoms with van der Waals surface area (Å²) >= 11 is 5.84. The zero-order chi connectivity index (χ0) is 19.4. The third kappa shape index (κ3) is 4.78. The van der Waals surface area contributed by atoms with Gasteiger partial charge >= 0.3 is 0 Å². The average Bonchev–Trinajstić information content (AvgIpc) is 2.63. The smallest absolute Gasteiger partial charge is 0.223 e. The number of hydrogen-bond donors (Lipinski definition) is 3. The molecule has 0 atom stereocenters. The molecule has 0 aliphatic heterocycles. The largest absolute Gasteiger partial charge is 0.396 e. The van der Waals surface area contributed by atoms with Gasteiger partial charge in [-0.3, -0.25) is 0 Å². The molecule has 1 aromatic carbocycles. The molecule has 3 N–H and O–H groups in total. The summed E-state index contributed by atoms with van der Waals surface area (Å²) in [5, 5.41) is 15.4. The third-order valence-electron chi connectivity index (χ3n) is 3.97. The number of aliphatic hydroxyl groups is 1. The maximum Gasteiger partial charge on any atom is 0.223 e. The predicted octanol–water partition coefficient (Wildman–Crippen LogP) is 3.92. The number of rotatable bonds is 7. The SMILES string of the molecule is CC(C)(CCCO)Nc1ncc2ncnc(Nc3ccc(F)c(Cl)c3)c2n1. The standard InChI is InChI=1S/C18H20ClFN6O/c1-18(2,6-3-7-27)26-17-21-9-14-15(25-17)16(23-10-22-14)24-11-4-5-13(20)12(19)8-11/h4-5,8-10,27H,3,6-7H2,1-2H3,(H,21,25,26)(H,22,23,24). The van der Waals surface area contributed by atoms with E-state index in [-0.39, 0.29) is 17.2 Å². The molecule has 9 heteroatoms. The molecule has 2 aromatic heterocycles. The number of anilines is 3. The fraction of sp³-hybridized carbons (Fsp3) is 0.333. The summed E-state index contributed by atoms with van der Waals surface area (Å²) in [6.07, 6.45) is 4.44. The second-order valence-corrected chi connectivity index (χ2v) is 7.15. The number of aromatic nitrogens is 4. The maximum atomic E-state index is 13.4. The lowest BCUT2D eigenvalue weighted by Gasteiger charge is -2.26. The topological polar surface area (TPSA) is 95.9 Å². The van der Waals surface area contributed by atoms with E-state index in [9.17, 15) is 4.39 Å². The van der Waals surface area contributed by atoms with Gasteiger partial charge in [0, 0.05) is 17.8 Å². The average molecular weight is 391 g/mol. The summed E-state index contributed by atoms with van der Waals surface area (Å²) in [7, 11) is 0. The van der Waals surface area contributed by atoms with E-state index in [1.807, 2.05) is 13.8 Å². The van der Waals surface area contributed by atoms with Crippen molar-refractivity contribution in [1.29, 1.82) is 0 Å². The number of nitrogens with one attached hydrogen (secondary N) is 2. The van der Waals surface area contributed by atoms with Crippen LogP contribution in [0.4, 0.5) is 21.8 Å². The molecule has 0 aliphatic rings. The second kappa shape index (κ2) is 7.98. The van der Waals surface area contributed by atoms with E-state index >= 15 is 0 Å². The molecule has 3 rings (SSSR count). The van der Waals surface area contributed by atoms with Crippen LogP contribution in [0.3, 0.4) is 0 Å². The van der Waals surface area contributed by atoms with E-state index < -0.39 is 5.82 Å². The van der Waals surface area contributed by atoms with Crippen LogP contribution in [0.2, 0.25) is 5.02 Å². The van der Waals surface area contributed by atoms with Crippen molar-refractivity contribution in [2.75, 3.05) is 17.2 Å². The van der Waals surface area contributed by atoms with Crippen LogP contribution >= 0.6 is 11.6 Å². The van der Waals surface area contributed by atoms with E-state index in [1.54, 1.807) is 12.3 Å². The Balaban J connectivity index is 1.90. The Morgan fingerprint density at radius 2 is 2.04 bits per heavy atom. The van der Waals surface area contributed by atoms with Gasteiger partial charge in [0.25, 0.3) is 0 Å². The van der Waals surface area contributed by atoms with Gasteiger partial charge in [-0.1, -0.05) is 11.6 Å². The lowest BCUT2D eigenvalue weighted by Crippen LogP contribution is -2.32. The summed E-state index contributed by atoms with van der Waals surface area (Å²) in [6, 6.07) is 4.32. The summed E-state index contributed by atoms with van der Waals surface area (Å²) in [5.41, 5.74) is 1.38. The number of halogens is 2. The van der Waals surface area contributed by atoms with Crippen LogP contribution < -0.4 is 10.6 Å². The molecule has 0 radical (unpaired) electrons. The van der Waals surface area contributed by atoms with Gasteiger partial charge in [0.2, 0.25) is 5.95 Å². The fourth-order valence-corrected chi connectivity index (χ4v) is 2.78. The van der Waals surface area contributed by atoms with Crippen LogP contribution in [-0.4, -0.2) is 37.2 Å². The Morgan fingerprint density at radius 1 is 1.22 bits per heavy atom. The van der Waals surface area contributed by atoms with Gasteiger partial charge in [-0.15, -0.1) is 0 Å². The van der Waals surface area contributed by atoms with E-state index in [0.29, 0.717) is 34.9 Å². The molecule has 7 nitrogen and oxygen atoms in total. The Labute approximate surface area is 161 Å². The van der Waals surface area contributed by atoms with Gasteiger partial charge < -0.3 is 15.7 Å². The van der Waals surface area contributed by atoms with Crippen LogP contribution in [-0.2, 0) is 0 Å². The van der Waals surface area contributed by atoms with Crippen molar-refractivity contribution in [2.45, 2.75) is 32.2 Å². The van der Waals surface area contributed by atoms with Crippen LogP contribution in [0, 0.1) is 5.82 Å². The van der Waals surface area contributed by atoms with Crippen molar-refractivity contribution in [2.24, 2.45) is 0 Å². The minimum absolute atomic E-state index is 0.0148. The zero-order valence-electron chi connectivity index (χ0n) is 15.0. The first-order chi connectivity index (χ1) is 12.9. The van der Waals surface area contributed by atoms with E-state index in [4.69, 9.17) is 16.7 Å². The van der Waals surface area contributed by atoms with Gasteiger partial charge in [-0.25, -0.2) is 24.3 Å². The van der Waals surface area contributed by atoms with Crippen LogP contribution in [0.15, 0.2) is 30.7 Å². The zero-order valence-corrected chi connectivity index (χ0v) is 15.8. The number of fused-ring (bicyclic) bond motifs is 1. The highest BCUT2D eigenvalue weighted by atomic mass is 35.5. The maximum absolute atomic E-state index is 13.4. The minimum atomic E-state index is -0.492. The second-order valence-electron chi connectivity index (χ2n) is 6.74. The lowest BCUT2D eigenvalue weighted by molar-refractivity contribution is 0.272. The minimum Gasteiger partial charge on any atom is -0.396 e. The molecule has 0 amide bonds. The molecule has 3 aromatic rings. The highest BCUT2D eigenvalue weighted by Crippen LogP contribution is 2.26. The molecule has 142 valence electrons. The third-order valence-corrected chi connectivity index (χ3v) is 4.26. The molecular formula is C18H20ClFN6O. The van der Waals surface area contributed by atoms with Crippen molar-refractivity contribution in [1.82, 2.24) is 19.9 Å². The van der Waals surface area contributed by atoms with Gasteiger partial charge in [0.1, 0.15) is 23.2 Å². The van der Waals surface area contributed by atoms with E-state index in [2.05, 4.69) is 30.6 Å². The molecule has 27 heavy (non-hydrogen) atoms. The molecule has 0 saturated heterocycles. The van der Waals surface area contributed by atoms with Gasteiger partial charge in [0.15, 0.2) is 5.82 Å². The predicted molar refractivity (Wildman–Crippen MR) is 104 cm³/mol. The Kier molecular flexibility index (Phi) is 5.67. The summed E-state index contributed by atoms with van der Waals surface area (Å²) in [5.74, 6) is 0.399. The number of aliphatic hydroxyl groups excluding tert-OH is 1. The number of hydrogen-bond acceptors (Lipinski definition) is 7. The van der Waals surface area contributed by atoms with E-state index in [1.165, 1.54) is 18.5 Å². The Morgan fingerprint density at radius 3 is 2.78 bits per heavy atom. The first-order valence-corrected chi connectivity index (χ1v) is 8.85. The monoisotopic (exact) mass is 390 g/mol. The van der Waals surface area contributed by atoms with Crippen molar-refractivity contribution >= 4 is 40.1 Å². The molecule has 2 heterocycles. The highest BCUT2D eigenvalue weighted by molar-refractivity contribution is 6.31. The quantitative estimate of drug-likeness (QED) is 0.562. The van der Waals surface area contributed by atoms with Crippen molar-refractivity contribution in [3.8, 4) is 0 Å². The molecule has 0 saturated carbocycles. The fourth-order valence-electron chi connectivity index (χ4n) is 2.60. The normalized spacial score (nSPS) is 11.6.